The van der Waals surface area contributed by atoms with Crippen LogP contribution < -0.4 is 4.74 Å². The van der Waals surface area contributed by atoms with Gasteiger partial charge in [-0.25, -0.2) is 13.6 Å². The number of dihydropyridines is 1. The number of allylic oxidation sites excluding steroid dienone is 1. The Bertz CT molecular complexity index is 1310. The first kappa shape index (κ1) is 20.4. The molecule has 0 aliphatic carbocycles. The van der Waals surface area contributed by atoms with Crippen LogP contribution in [-0.2, 0) is 17.7 Å². The number of aromatic carboxylic acids is 1. The molecule has 2 aliphatic heterocycles. The van der Waals surface area contributed by atoms with Crippen molar-refractivity contribution in [1.82, 2.24) is 4.57 Å². The second kappa shape index (κ2) is 7.87. The maximum Gasteiger partial charge on any atom is 0.353 e. The third kappa shape index (κ3) is 3.27. The number of aliphatic imine (C=N–C) groups is 1. The fourth-order valence-electron chi connectivity index (χ4n) is 4.46. The van der Waals surface area contributed by atoms with E-state index in [2.05, 4.69) is 4.99 Å². The van der Waals surface area contributed by atoms with Crippen LogP contribution in [0.1, 0.15) is 33.6 Å². The van der Waals surface area contributed by atoms with E-state index >= 15 is 0 Å². The fourth-order valence-corrected chi connectivity index (χ4v) is 4.46. The van der Waals surface area contributed by atoms with Crippen LogP contribution >= 0.6 is 0 Å². The highest BCUT2D eigenvalue weighted by Crippen LogP contribution is 2.40. The molecule has 2 aromatic carbocycles. The summed E-state index contributed by atoms with van der Waals surface area (Å²) in [5.41, 5.74) is 2.65. The predicted molar refractivity (Wildman–Crippen MR) is 115 cm³/mol. The molecule has 0 fully saturated rings. The van der Waals surface area contributed by atoms with Gasteiger partial charge in [-0.3, -0.25) is 4.99 Å². The summed E-state index contributed by atoms with van der Waals surface area (Å²) in [7, 11) is 1.50. The van der Waals surface area contributed by atoms with Crippen molar-refractivity contribution >= 4 is 28.7 Å². The molecule has 0 bridgehead atoms. The van der Waals surface area contributed by atoms with Gasteiger partial charge in [-0.05, 0) is 35.9 Å². The van der Waals surface area contributed by atoms with Gasteiger partial charge < -0.3 is 19.1 Å². The van der Waals surface area contributed by atoms with Crippen LogP contribution in [-0.4, -0.2) is 41.8 Å². The van der Waals surface area contributed by atoms with E-state index < -0.39 is 23.8 Å². The summed E-state index contributed by atoms with van der Waals surface area (Å²) >= 11 is 0. The van der Waals surface area contributed by atoms with Crippen molar-refractivity contribution in [1.29, 1.82) is 0 Å². The van der Waals surface area contributed by atoms with Crippen LogP contribution in [0, 0.1) is 11.6 Å². The van der Waals surface area contributed by atoms with Gasteiger partial charge in [0.2, 0.25) is 0 Å². The Labute approximate surface area is 182 Å². The molecule has 0 spiro atoms. The number of carboxylic acids is 1. The normalized spacial score (nSPS) is 17.3. The molecule has 6 nitrogen and oxygen atoms in total. The van der Waals surface area contributed by atoms with Gasteiger partial charge in [0.1, 0.15) is 23.1 Å². The summed E-state index contributed by atoms with van der Waals surface area (Å²) in [5, 5.41) is 10.9. The maximum absolute atomic E-state index is 14.5. The number of fused-ring (bicyclic) bond motifs is 2. The quantitative estimate of drug-likeness (QED) is 0.640. The molecule has 0 saturated carbocycles. The molecular formula is C24H20F2N2O4. The van der Waals surface area contributed by atoms with Gasteiger partial charge in [-0.2, -0.15) is 0 Å². The molecule has 8 heteroatoms. The number of carboxylic acid groups (broad SMARTS) is 1. The Morgan fingerprint density at radius 1 is 1.31 bits per heavy atom. The summed E-state index contributed by atoms with van der Waals surface area (Å²) < 4.78 is 41.1. The first-order chi connectivity index (χ1) is 15.5. The van der Waals surface area contributed by atoms with Crippen molar-refractivity contribution in [3.63, 3.8) is 0 Å². The van der Waals surface area contributed by atoms with Crippen molar-refractivity contribution < 1.29 is 28.2 Å². The van der Waals surface area contributed by atoms with Gasteiger partial charge in [0.05, 0.1) is 18.7 Å². The smallest absolute Gasteiger partial charge is 0.353 e. The van der Waals surface area contributed by atoms with Crippen LogP contribution in [0.3, 0.4) is 0 Å². The average Bonchev–Trinajstić information content (AvgIpc) is 3.36. The Morgan fingerprint density at radius 2 is 2.16 bits per heavy atom. The van der Waals surface area contributed by atoms with Gasteiger partial charge in [0.25, 0.3) is 0 Å². The zero-order chi connectivity index (χ0) is 22.4. The number of ether oxygens (including phenoxy) is 2. The molecule has 164 valence electrons. The van der Waals surface area contributed by atoms with E-state index in [1.54, 1.807) is 6.21 Å². The number of aromatic nitrogens is 1. The van der Waals surface area contributed by atoms with E-state index in [9.17, 15) is 18.7 Å². The minimum Gasteiger partial charge on any atom is -0.493 e. The van der Waals surface area contributed by atoms with Gasteiger partial charge in [-0.15, -0.1) is 0 Å². The summed E-state index contributed by atoms with van der Waals surface area (Å²) in [6, 6.07) is 6.87. The highest BCUT2D eigenvalue weighted by Gasteiger charge is 2.31. The maximum atomic E-state index is 14.5. The second-order valence-corrected chi connectivity index (χ2v) is 7.74. The third-order valence-corrected chi connectivity index (χ3v) is 5.88. The predicted octanol–water partition coefficient (Wildman–Crippen LogP) is 4.43. The summed E-state index contributed by atoms with van der Waals surface area (Å²) in [5.74, 6) is -1.68. The number of hydrogen-bond acceptors (Lipinski definition) is 4. The largest absolute Gasteiger partial charge is 0.493 e. The second-order valence-electron chi connectivity index (χ2n) is 7.74. The Morgan fingerprint density at radius 3 is 2.94 bits per heavy atom. The zero-order valence-corrected chi connectivity index (χ0v) is 17.3. The molecule has 3 aromatic rings. The minimum atomic E-state index is -1.18. The van der Waals surface area contributed by atoms with Crippen molar-refractivity contribution in [3.05, 3.63) is 70.4 Å². The lowest BCUT2D eigenvalue weighted by Crippen LogP contribution is -2.17. The SMILES string of the molecule is COC1N=CCC=C1c1c(C(=O)O)n(Cc2cc(F)ccc2F)c2cc3c(cc12)OCC3. The third-order valence-electron chi connectivity index (χ3n) is 5.88. The van der Waals surface area contributed by atoms with E-state index in [0.717, 1.165) is 23.8 Å². The summed E-state index contributed by atoms with van der Waals surface area (Å²) in [6.07, 6.45) is 4.14. The summed E-state index contributed by atoms with van der Waals surface area (Å²) in [6.45, 7) is 0.394. The zero-order valence-electron chi connectivity index (χ0n) is 17.3. The van der Waals surface area contributed by atoms with Crippen molar-refractivity contribution in [2.75, 3.05) is 13.7 Å². The highest BCUT2D eigenvalue weighted by atomic mass is 19.1. The molecule has 0 radical (unpaired) electrons. The number of halogens is 2. The number of benzene rings is 2. The molecule has 2 aliphatic rings. The average molecular weight is 438 g/mol. The minimum absolute atomic E-state index is 0.0299. The van der Waals surface area contributed by atoms with Gasteiger partial charge in [0.15, 0.2) is 6.23 Å². The van der Waals surface area contributed by atoms with Crippen molar-refractivity contribution in [2.45, 2.75) is 25.6 Å². The molecule has 0 saturated heterocycles. The fraction of sp³-hybridized carbons (Fsp3) is 0.250. The Balaban J connectivity index is 1.81. The van der Waals surface area contributed by atoms with E-state index in [1.807, 2.05) is 18.2 Å². The standard InChI is InChI=1S/C24H20F2N2O4/c1-31-23-16(3-2-7-27-23)21-17-11-20-13(6-8-32-20)10-19(17)28(22(21)24(29)30)12-14-9-15(25)4-5-18(14)26/h3-5,7,9-11,23H,2,6,8,12H2,1H3,(H,29,30). The van der Waals surface area contributed by atoms with Crippen LogP contribution in [0.5, 0.6) is 5.75 Å². The monoisotopic (exact) mass is 438 g/mol. The first-order valence-corrected chi connectivity index (χ1v) is 10.2. The van der Waals surface area contributed by atoms with Crippen LogP contribution in [0.4, 0.5) is 8.78 Å². The summed E-state index contributed by atoms with van der Waals surface area (Å²) in [4.78, 5) is 16.9. The van der Waals surface area contributed by atoms with Crippen molar-refractivity contribution in [3.8, 4) is 5.75 Å². The molecule has 1 atom stereocenters. The first-order valence-electron chi connectivity index (χ1n) is 10.2. The molecule has 1 aromatic heterocycles. The van der Waals surface area contributed by atoms with E-state index in [1.165, 1.54) is 11.7 Å². The van der Waals surface area contributed by atoms with Crippen LogP contribution in [0.25, 0.3) is 16.5 Å². The number of nitrogens with zero attached hydrogens (tertiary/aromatic N) is 2. The number of methoxy groups -OCH3 is 1. The highest BCUT2D eigenvalue weighted by molar-refractivity contribution is 6.06. The lowest BCUT2D eigenvalue weighted by Gasteiger charge is -2.19. The molecule has 1 N–H and O–H groups in total. The number of carbonyl (C=O) groups is 1. The molecular weight excluding hydrogens is 418 g/mol. The number of rotatable bonds is 5. The van der Waals surface area contributed by atoms with Gasteiger partial charge in [0, 0.05) is 48.3 Å². The Hall–Kier alpha value is -3.52. The molecule has 5 rings (SSSR count). The van der Waals surface area contributed by atoms with Crippen LogP contribution in [0.15, 0.2) is 41.4 Å². The van der Waals surface area contributed by atoms with E-state index in [0.29, 0.717) is 47.2 Å². The number of hydrogen-bond donors (Lipinski definition) is 1. The van der Waals surface area contributed by atoms with E-state index in [-0.39, 0.29) is 17.8 Å². The topological polar surface area (TPSA) is 73.0 Å². The lowest BCUT2D eigenvalue weighted by atomic mass is 9.97. The molecule has 32 heavy (non-hydrogen) atoms. The van der Waals surface area contributed by atoms with Gasteiger partial charge >= 0.3 is 5.97 Å². The molecule has 0 amide bonds. The van der Waals surface area contributed by atoms with E-state index in [4.69, 9.17) is 9.47 Å². The lowest BCUT2D eigenvalue weighted by molar-refractivity contribution is 0.0685. The van der Waals surface area contributed by atoms with Crippen molar-refractivity contribution in [2.24, 2.45) is 4.99 Å². The van der Waals surface area contributed by atoms with Gasteiger partial charge in [-0.1, -0.05) is 6.08 Å². The van der Waals surface area contributed by atoms with Crippen LogP contribution in [0.2, 0.25) is 0 Å². The Kier molecular flexibility index (Phi) is 5.01. The molecule has 3 heterocycles. The molecule has 1 unspecified atom stereocenters.